The number of hydrogen-bond donors (Lipinski definition) is 2. The molecule has 2 rings (SSSR count). The summed E-state index contributed by atoms with van der Waals surface area (Å²) < 4.78 is 27.4. The van der Waals surface area contributed by atoms with E-state index in [9.17, 15) is 13.2 Å². The largest absolute Gasteiger partial charge is 0.350 e. The molecule has 0 aliphatic heterocycles. The van der Waals surface area contributed by atoms with E-state index >= 15 is 0 Å². The molecule has 24 heavy (non-hydrogen) atoms. The van der Waals surface area contributed by atoms with Gasteiger partial charge in [0, 0.05) is 17.3 Å². The quantitative estimate of drug-likeness (QED) is 0.842. The van der Waals surface area contributed by atoms with Gasteiger partial charge in [0.15, 0.2) is 0 Å². The summed E-state index contributed by atoms with van der Waals surface area (Å²) in [5, 5.41) is 2.85. The molecule has 0 bridgehead atoms. The second kappa shape index (κ2) is 7.49. The van der Waals surface area contributed by atoms with Gasteiger partial charge in [-0.1, -0.05) is 19.1 Å². The number of benzene rings is 2. The fourth-order valence-electron chi connectivity index (χ4n) is 2.12. The zero-order valence-corrected chi connectivity index (χ0v) is 14.9. The van der Waals surface area contributed by atoms with Gasteiger partial charge in [-0.25, -0.2) is 8.42 Å². The van der Waals surface area contributed by atoms with Crippen molar-refractivity contribution in [3.05, 3.63) is 59.7 Å². The van der Waals surface area contributed by atoms with E-state index in [2.05, 4.69) is 10.0 Å². The van der Waals surface area contributed by atoms with Crippen LogP contribution in [0.15, 0.2) is 53.4 Å². The standard InChI is InChI=1S/C18H22N2O3S/c1-4-14(3)19-18(21)15-8-10-17(11-9-15)24(22,23)20-16-7-5-6-13(2)12-16/h5-12,14,20H,4H2,1-3H3,(H,19,21). The van der Waals surface area contributed by atoms with Crippen molar-refractivity contribution in [2.75, 3.05) is 4.72 Å². The van der Waals surface area contributed by atoms with Gasteiger partial charge in [0.2, 0.25) is 0 Å². The number of carbonyl (C=O) groups is 1. The van der Waals surface area contributed by atoms with Gasteiger partial charge in [-0.15, -0.1) is 0 Å². The molecule has 0 radical (unpaired) electrons. The first-order chi connectivity index (χ1) is 11.3. The highest BCUT2D eigenvalue weighted by Crippen LogP contribution is 2.17. The van der Waals surface area contributed by atoms with Crippen LogP contribution in [-0.2, 0) is 10.0 Å². The van der Waals surface area contributed by atoms with Gasteiger partial charge in [-0.3, -0.25) is 9.52 Å². The third kappa shape index (κ3) is 4.58. The topological polar surface area (TPSA) is 75.3 Å². The van der Waals surface area contributed by atoms with Gasteiger partial charge < -0.3 is 5.32 Å². The summed E-state index contributed by atoms with van der Waals surface area (Å²) in [6, 6.07) is 13.1. The minimum Gasteiger partial charge on any atom is -0.350 e. The molecule has 0 saturated heterocycles. The van der Waals surface area contributed by atoms with Crippen LogP contribution in [0.5, 0.6) is 0 Å². The highest BCUT2D eigenvalue weighted by Gasteiger charge is 2.15. The van der Waals surface area contributed by atoms with Gasteiger partial charge >= 0.3 is 0 Å². The minimum absolute atomic E-state index is 0.0731. The maximum atomic E-state index is 12.4. The molecule has 2 aromatic rings. The lowest BCUT2D eigenvalue weighted by atomic mass is 10.2. The number of hydrogen-bond acceptors (Lipinski definition) is 3. The molecule has 0 heterocycles. The molecule has 5 nitrogen and oxygen atoms in total. The number of aryl methyl sites for hydroxylation is 1. The average Bonchev–Trinajstić information content (AvgIpc) is 2.54. The van der Waals surface area contributed by atoms with Crippen LogP contribution in [-0.4, -0.2) is 20.4 Å². The van der Waals surface area contributed by atoms with Crippen LogP contribution in [0.25, 0.3) is 0 Å². The van der Waals surface area contributed by atoms with Gasteiger partial charge in [0.1, 0.15) is 0 Å². The molecular formula is C18H22N2O3S. The SMILES string of the molecule is CCC(C)NC(=O)c1ccc(S(=O)(=O)Nc2cccc(C)c2)cc1. The van der Waals surface area contributed by atoms with E-state index in [1.807, 2.05) is 26.8 Å². The molecule has 2 aromatic carbocycles. The van der Waals surface area contributed by atoms with E-state index in [1.54, 1.807) is 18.2 Å². The second-order valence-electron chi connectivity index (χ2n) is 5.78. The monoisotopic (exact) mass is 346 g/mol. The Morgan fingerprint density at radius 3 is 2.38 bits per heavy atom. The van der Waals surface area contributed by atoms with Crippen LogP contribution in [0, 0.1) is 6.92 Å². The number of rotatable bonds is 6. The van der Waals surface area contributed by atoms with Crippen LogP contribution in [0.1, 0.15) is 36.2 Å². The Morgan fingerprint density at radius 2 is 1.79 bits per heavy atom. The molecule has 2 N–H and O–H groups in total. The lowest BCUT2D eigenvalue weighted by Crippen LogP contribution is -2.31. The second-order valence-corrected chi connectivity index (χ2v) is 7.46. The molecule has 0 aromatic heterocycles. The van der Waals surface area contributed by atoms with Crippen molar-refractivity contribution in [3.8, 4) is 0 Å². The smallest absolute Gasteiger partial charge is 0.261 e. The van der Waals surface area contributed by atoms with Crippen LogP contribution in [0.3, 0.4) is 0 Å². The van der Waals surface area contributed by atoms with Crippen molar-refractivity contribution in [2.45, 2.75) is 38.1 Å². The predicted molar refractivity (Wildman–Crippen MR) is 95.6 cm³/mol. The highest BCUT2D eigenvalue weighted by molar-refractivity contribution is 7.92. The van der Waals surface area contributed by atoms with Gasteiger partial charge in [-0.2, -0.15) is 0 Å². The molecule has 0 spiro atoms. The zero-order chi connectivity index (χ0) is 17.7. The van der Waals surface area contributed by atoms with E-state index in [4.69, 9.17) is 0 Å². The first kappa shape index (κ1) is 18.0. The summed E-state index contributed by atoms with van der Waals surface area (Å²) in [4.78, 5) is 12.1. The highest BCUT2D eigenvalue weighted by atomic mass is 32.2. The van der Waals surface area contributed by atoms with E-state index in [0.717, 1.165) is 12.0 Å². The summed E-state index contributed by atoms with van der Waals surface area (Å²) in [6.07, 6.45) is 0.832. The number of nitrogens with one attached hydrogen (secondary N) is 2. The van der Waals surface area contributed by atoms with Crippen molar-refractivity contribution >= 4 is 21.6 Å². The third-order valence-corrected chi connectivity index (χ3v) is 5.08. The summed E-state index contributed by atoms with van der Waals surface area (Å²) >= 11 is 0. The van der Waals surface area contributed by atoms with Gasteiger partial charge in [-0.05, 0) is 62.2 Å². The molecule has 0 aliphatic carbocycles. The lowest BCUT2D eigenvalue weighted by molar-refractivity contribution is 0.0939. The normalized spacial score (nSPS) is 12.5. The number of carbonyl (C=O) groups excluding carboxylic acids is 1. The van der Waals surface area contributed by atoms with Gasteiger partial charge in [0.05, 0.1) is 4.90 Å². The van der Waals surface area contributed by atoms with Crippen LogP contribution >= 0.6 is 0 Å². The minimum atomic E-state index is -3.68. The Bertz CT molecular complexity index is 814. The van der Waals surface area contributed by atoms with E-state index < -0.39 is 10.0 Å². The van der Waals surface area contributed by atoms with E-state index in [1.165, 1.54) is 24.3 Å². The first-order valence-electron chi connectivity index (χ1n) is 7.82. The zero-order valence-electron chi connectivity index (χ0n) is 14.0. The summed E-state index contributed by atoms with van der Waals surface area (Å²) in [5.74, 6) is -0.208. The van der Waals surface area contributed by atoms with Crippen LogP contribution in [0.2, 0.25) is 0 Å². The van der Waals surface area contributed by atoms with Crippen molar-refractivity contribution in [2.24, 2.45) is 0 Å². The first-order valence-corrected chi connectivity index (χ1v) is 9.30. The Morgan fingerprint density at radius 1 is 1.12 bits per heavy atom. The summed E-state index contributed by atoms with van der Waals surface area (Å²) in [5.41, 5.74) is 1.91. The Labute approximate surface area is 143 Å². The van der Waals surface area contributed by atoms with Crippen LogP contribution < -0.4 is 10.0 Å². The predicted octanol–water partition coefficient (Wildman–Crippen LogP) is 3.32. The van der Waals surface area contributed by atoms with Crippen molar-refractivity contribution in [1.29, 1.82) is 0 Å². The fourth-order valence-corrected chi connectivity index (χ4v) is 3.17. The Kier molecular flexibility index (Phi) is 5.62. The fraction of sp³-hybridized carbons (Fsp3) is 0.278. The molecular weight excluding hydrogens is 324 g/mol. The average molecular weight is 346 g/mol. The maximum absolute atomic E-state index is 12.4. The summed E-state index contributed by atoms with van der Waals surface area (Å²) in [7, 11) is -3.68. The van der Waals surface area contributed by atoms with Crippen molar-refractivity contribution < 1.29 is 13.2 Å². The maximum Gasteiger partial charge on any atom is 0.261 e. The number of sulfonamides is 1. The number of anilines is 1. The molecule has 0 fully saturated rings. The molecule has 1 unspecified atom stereocenters. The lowest BCUT2D eigenvalue weighted by Gasteiger charge is -2.12. The molecule has 6 heteroatoms. The molecule has 128 valence electrons. The van der Waals surface area contributed by atoms with Crippen LogP contribution in [0.4, 0.5) is 5.69 Å². The third-order valence-electron chi connectivity index (χ3n) is 3.69. The summed E-state index contributed by atoms with van der Waals surface area (Å²) in [6.45, 7) is 5.79. The molecule has 1 atom stereocenters. The van der Waals surface area contributed by atoms with Gasteiger partial charge in [0.25, 0.3) is 15.9 Å². The number of amides is 1. The van der Waals surface area contributed by atoms with Crippen molar-refractivity contribution in [3.63, 3.8) is 0 Å². The van der Waals surface area contributed by atoms with Crippen molar-refractivity contribution in [1.82, 2.24) is 5.32 Å². The molecule has 0 saturated carbocycles. The Balaban J connectivity index is 2.15. The van der Waals surface area contributed by atoms with E-state index in [0.29, 0.717) is 11.3 Å². The molecule has 1 amide bonds. The Hall–Kier alpha value is -2.34. The van der Waals surface area contributed by atoms with E-state index in [-0.39, 0.29) is 16.8 Å². The molecule has 0 aliphatic rings.